The van der Waals surface area contributed by atoms with Gasteiger partial charge in [0.05, 0.1) is 12.2 Å². The van der Waals surface area contributed by atoms with Gasteiger partial charge in [0.15, 0.2) is 12.7 Å². The van der Waals surface area contributed by atoms with Crippen molar-refractivity contribution in [1.29, 1.82) is 0 Å². The van der Waals surface area contributed by atoms with Gasteiger partial charge in [-0.2, -0.15) is 0 Å². The summed E-state index contributed by atoms with van der Waals surface area (Å²) in [6.07, 6.45) is -0.736. The van der Waals surface area contributed by atoms with E-state index in [4.69, 9.17) is 9.47 Å². The van der Waals surface area contributed by atoms with E-state index in [-0.39, 0.29) is 25.0 Å². The number of hydrogen-bond acceptors (Lipinski definition) is 4. The van der Waals surface area contributed by atoms with Crippen LogP contribution in [-0.4, -0.2) is 50.1 Å². The molecule has 0 bridgehead atoms. The highest BCUT2D eigenvalue weighted by atomic mass is 16.5. The second kappa shape index (κ2) is 7.70. The number of carbonyl (C=O) groups is 2. The molecular formula is C21H24N2O4. The molecule has 0 spiro atoms. The average Bonchev–Trinajstić information content (AvgIpc) is 2.63. The molecule has 6 nitrogen and oxygen atoms in total. The molecule has 1 aliphatic heterocycles. The van der Waals surface area contributed by atoms with E-state index >= 15 is 0 Å². The van der Waals surface area contributed by atoms with E-state index in [1.165, 1.54) is 4.90 Å². The van der Waals surface area contributed by atoms with Crippen LogP contribution >= 0.6 is 0 Å². The Morgan fingerprint density at radius 3 is 2.48 bits per heavy atom. The van der Waals surface area contributed by atoms with Gasteiger partial charge in [-0.3, -0.25) is 9.59 Å². The topological polar surface area (TPSA) is 59.1 Å². The summed E-state index contributed by atoms with van der Waals surface area (Å²) in [5, 5.41) is 0. The number of fused-ring (bicyclic) bond motifs is 1. The summed E-state index contributed by atoms with van der Waals surface area (Å²) in [5.74, 6) is 0.769. The van der Waals surface area contributed by atoms with E-state index in [0.29, 0.717) is 17.2 Å². The SMILES string of the molecule is Cc1cc(C)cc(OCC(=O)N2C[C@H](C(=O)N(C)C)Oc3ccccc32)c1. The predicted octanol–water partition coefficient (Wildman–Crippen LogP) is 2.56. The van der Waals surface area contributed by atoms with Crippen molar-refractivity contribution in [3.05, 3.63) is 53.6 Å². The lowest BCUT2D eigenvalue weighted by molar-refractivity contribution is -0.136. The molecule has 0 saturated carbocycles. The van der Waals surface area contributed by atoms with Crippen molar-refractivity contribution in [2.75, 3.05) is 32.1 Å². The molecule has 0 unspecified atom stereocenters. The monoisotopic (exact) mass is 368 g/mol. The fourth-order valence-electron chi connectivity index (χ4n) is 3.13. The van der Waals surface area contributed by atoms with E-state index in [1.54, 1.807) is 31.1 Å². The van der Waals surface area contributed by atoms with E-state index in [1.807, 2.05) is 44.2 Å². The van der Waals surface area contributed by atoms with Crippen LogP contribution in [0, 0.1) is 13.8 Å². The summed E-state index contributed by atoms with van der Waals surface area (Å²) in [4.78, 5) is 28.3. The van der Waals surface area contributed by atoms with Crippen LogP contribution in [0.5, 0.6) is 11.5 Å². The van der Waals surface area contributed by atoms with Crippen LogP contribution in [0.4, 0.5) is 5.69 Å². The van der Waals surface area contributed by atoms with Crippen molar-refractivity contribution in [1.82, 2.24) is 4.90 Å². The van der Waals surface area contributed by atoms with Gasteiger partial charge in [0.2, 0.25) is 0 Å². The molecule has 0 saturated heterocycles. The third-order valence-electron chi connectivity index (χ3n) is 4.35. The van der Waals surface area contributed by atoms with Crippen LogP contribution in [-0.2, 0) is 9.59 Å². The summed E-state index contributed by atoms with van der Waals surface area (Å²) in [5.41, 5.74) is 2.80. The van der Waals surface area contributed by atoms with Crippen molar-refractivity contribution in [2.45, 2.75) is 20.0 Å². The molecule has 2 aromatic rings. The Balaban J connectivity index is 1.78. The van der Waals surface area contributed by atoms with Gasteiger partial charge in [-0.05, 0) is 49.2 Å². The number of rotatable bonds is 4. The van der Waals surface area contributed by atoms with Crippen LogP contribution in [0.15, 0.2) is 42.5 Å². The van der Waals surface area contributed by atoms with Crippen LogP contribution < -0.4 is 14.4 Å². The third kappa shape index (κ3) is 4.22. The fraction of sp³-hybridized carbons (Fsp3) is 0.333. The number of benzene rings is 2. The number of aryl methyl sites for hydroxylation is 2. The molecule has 142 valence electrons. The van der Waals surface area contributed by atoms with Crippen molar-refractivity contribution in [3.8, 4) is 11.5 Å². The quantitative estimate of drug-likeness (QED) is 0.832. The summed E-state index contributed by atoms with van der Waals surface area (Å²) in [6, 6.07) is 13.1. The first-order valence-corrected chi connectivity index (χ1v) is 8.83. The van der Waals surface area contributed by atoms with Crippen molar-refractivity contribution >= 4 is 17.5 Å². The lowest BCUT2D eigenvalue weighted by Gasteiger charge is -2.35. The summed E-state index contributed by atoms with van der Waals surface area (Å²) in [6.45, 7) is 4.01. The lowest BCUT2D eigenvalue weighted by atomic mass is 10.1. The van der Waals surface area contributed by atoms with E-state index in [9.17, 15) is 9.59 Å². The van der Waals surface area contributed by atoms with Gasteiger partial charge in [-0.25, -0.2) is 0 Å². The van der Waals surface area contributed by atoms with Crippen LogP contribution in [0.1, 0.15) is 11.1 Å². The van der Waals surface area contributed by atoms with E-state index in [2.05, 4.69) is 0 Å². The second-order valence-electron chi connectivity index (χ2n) is 6.92. The Hall–Kier alpha value is -3.02. The Morgan fingerprint density at radius 1 is 1.15 bits per heavy atom. The highest BCUT2D eigenvalue weighted by Crippen LogP contribution is 2.33. The number of likely N-dealkylation sites (N-methyl/N-ethyl adjacent to an activating group) is 1. The number of carbonyl (C=O) groups excluding carboxylic acids is 2. The lowest BCUT2D eigenvalue weighted by Crippen LogP contribution is -2.51. The number of para-hydroxylation sites is 2. The average molecular weight is 368 g/mol. The van der Waals surface area contributed by atoms with Gasteiger partial charge in [-0.1, -0.05) is 18.2 Å². The van der Waals surface area contributed by atoms with Gasteiger partial charge < -0.3 is 19.3 Å². The molecule has 0 radical (unpaired) electrons. The minimum atomic E-state index is -0.736. The third-order valence-corrected chi connectivity index (χ3v) is 4.35. The van der Waals surface area contributed by atoms with E-state index < -0.39 is 6.10 Å². The summed E-state index contributed by atoms with van der Waals surface area (Å²) >= 11 is 0. The minimum Gasteiger partial charge on any atom is -0.484 e. The molecule has 1 aliphatic rings. The fourth-order valence-corrected chi connectivity index (χ4v) is 3.13. The first-order chi connectivity index (χ1) is 12.8. The Bertz CT molecular complexity index is 843. The minimum absolute atomic E-state index is 0.111. The predicted molar refractivity (Wildman–Crippen MR) is 103 cm³/mol. The smallest absolute Gasteiger partial charge is 0.265 e. The van der Waals surface area contributed by atoms with Crippen molar-refractivity contribution in [3.63, 3.8) is 0 Å². The van der Waals surface area contributed by atoms with Gasteiger partial charge in [-0.15, -0.1) is 0 Å². The maximum Gasteiger partial charge on any atom is 0.265 e. The number of nitrogens with zero attached hydrogens (tertiary/aromatic N) is 2. The van der Waals surface area contributed by atoms with Crippen molar-refractivity contribution < 1.29 is 19.1 Å². The molecule has 6 heteroatoms. The molecule has 27 heavy (non-hydrogen) atoms. The largest absolute Gasteiger partial charge is 0.484 e. The molecular weight excluding hydrogens is 344 g/mol. The zero-order valence-electron chi connectivity index (χ0n) is 16.1. The molecule has 1 heterocycles. The van der Waals surface area contributed by atoms with Crippen LogP contribution in [0.2, 0.25) is 0 Å². The van der Waals surface area contributed by atoms with Gasteiger partial charge >= 0.3 is 0 Å². The highest BCUT2D eigenvalue weighted by Gasteiger charge is 2.34. The van der Waals surface area contributed by atoms with Gasteiger partial charge in [0, 0.05) is 14.1 Å². The number of anilines is 1. The molecule has 0 fully saturated rings. The second-order valence-corrected chi connectivity index (χ2v) is 6.92. The molecule has 2 aromatic carbocycles. The highest BCUT2D eigenvalue weighted by molar-refractivity contribution is 5.98. The van der Waals surface area contributed by atoms with Crippen molar-refractivity contribution in [2.24, 2.45) is 0 Å². The molecule has 1 atom stereocenters. The van der Waals surface area contributed by atoms with Gasteiger partial charge in [0.25, 0.3) is 11.8 Å². The standard InChI is InChI=1S/C21H24N2O4/c1-14-9-15(2)11-16(10-14)26-13-20(24)23-12-19(21(25)22(3)4)27-18-8-6-5-7-17(18)23/h5-11,19H,12-13H2,1-4H3/t19-/m1/s1. The molecule has 0 aromatic heterocycles. The number of amides is 2. The molecule has 2 amide bonds. The first kappa shape index (κ1) is 18.8. The number of ether oxygens (including phenoxy) is 2. The normalized spacial score (nSPS) is 15.6. The zero-order valence-corrected chi connectivity index (χ0v) is 16.1. The molecule has 0 aliphatic carbocycles. The molecule has 0 N–H and O–H groups in total. The maximum absolute atomic E-state index is 12.9. The summed E-state index contributed by atoms with van der Waals surface area (Å²) in [7, 11) is 3.34. The first-order valence-electron chi connectivity index (χ1n) is 8.83. The van der Waals surface area contributed by atoms with Crippen LogP contribution in [0.3, 0.4) is 0 Å². The zero-order chi connectivity index (χ0) is 19.6. The van der Waals surface area contributed by atoms with Crippen LogP contribution in [0.25, 0.3) is 0 Å². The number of hydrogen-bond donors (Lipinski definition) is 0. The van der Waals surface area contributed by atoms with E-state index in [0.717, 1.165) is 11.1 Å². The molecule has 3 rings (SSSR count). The Labute approximate surface area is 159 Å². The maximum atomic E-state index is 12.9. The Morgan fingerprint density at radius 2 is 1.81 bits per heavy atom. The Kier molecular flexibility index (Phi) is 5.35. The van der Waals surface area contributed by atoms with Gasteiger partial charge in [0.1, 0.15) is 11.5 Å². The summed E-state index contributed by atoms with van der Waals surface area (Å²) < 4.78 is 11.5.